The van der Waals surface area contributed by atoms with E-state index in [1.54, 1.807) is 46.2 Å². The fraction of sp³-hybridized carbons (Fsp3) is 0.500. The zero-order valence-electron chi connectivity index (χ0n) is 12.1. The fourth-order valence-corrected chi connectivity index (χ4v) is 1.83. The van der Waals surface area contributed by atoms with Crippen molar-refractivity contribution in [3.8, 4) is 11.5 Å². The van der Waals surface area contributed by atoms with E-state index in [1.165, 1.54) is 12.0 Å². The molecule has 0 aliphatic carbocycles. The van der Waals surface area contributed by atoms with Gasteiger partial charge in [0.1, 0.15) is 11.5 Å². The number of benzene rings is 1. The summed E-state index contributed by atoms with van der Waals surface area (Å²) in [6, 6.07) is 5.01. The second kappa shape index (κ2) is 5.93. The molecule has 0 saturated heterocycles. The summed E-state index contributed by atoms with van der Waals surface area (Å²) < 4.78 is 10.3. The predicted molar refractivity (Wildman–Crippen MR) is 72.8 cm³/mol. The van der Waals surface area contributed by atoms with Crippen LogP contribution in [0.15, 0.2) is 18.2 Å². The maximum absolute atomic E-state index is 12.3. The number of aliphatic hydroxyl groups is 1. The highest BCUT2D eigenvalue weighted by Crippen LogP contribution is 2.25. The van der Waals surface area contributed by atoms with E-state index < -0.39 is 5.60 Å². The van der Waals surface area contributed by atoms with E-state index in [0.29, 0.717) is 17.1 Å². The van der Waals surface area contributed by atoms with E-state index in [4.69, 9.17) is 9.47 Å². The third-order valence-electron chi connectivity index (χ3n) is 2.61. The summed E-state index contributed by atoms with van der Waals surface area (Å²) in [5.74, 6) is 0.868. The summed E-state index contributed by atoms with van der Waals surface area (Å²) >= 11 is 0. The van der Waals surface area contributed by atoms with Crippen molar-refractivity contribution in [3.05, 3.63) is 23.8 Å². The Hall–Kier alpha value is -1.75. The van der Waals surface area contributed by atoms with Crippen LogP contribution >= 0.6 is 0 Å². The number of carbonyl (C=O) groups excluding carboxylic acids is 1. The molecule has 1 N–H and O–H groups in total. The lowest BCUT2D eigenvalue weighted by Gasteiger charge is -2.26. The number of hydrogen-bond donors (Lipinski definition) is 1. The topological polar surface area (TPSA) is 59.0 Å². The minimum absolute atomic E-state index is 0.207. The third-order valence-corrected chi connectivity index (χ3v) is 2.61. The zero-order chi connectivity index (χ0) is 14.6. The van der Waals surface area contributed by atoms with Gasteiger partial charge in [0.15, 0.2) is 0 Å². The van der Waals surface area contributed by atoms with Crippen LogP contribution in [0.4, 0.5) is 0 Å². The lowest BCUT2D eigenvalue weighted by Crippen LogP contribution is -2.39. The smallest absolute Gasteiger partial charge is 0.257 e. The molecule has 0 saturated carbocycles. The van der Waals surface area contributed by atoms with Crippen LogP contribution in [0.25, 0.3) is 0 Å². The minimum Gasteiger partial charge on any atom is -0.497 e. The number of carbonyl (C=O) groups is 1. The van der Waals surface area contributed by atoms with Crippen LogP contribution in [-0.2, 0) is 0 Å². The maximum atomic E-state index is 12.3. The van der Waals surface area contributed by atoms with Crippen LogP contribution in [-0.4, -0.2) is 49.3 Å². The Balaban J connectivity index is 2.99. The Bertz CT molecular complexity index is 451. The molecule has 0 aliphatic rings. The zero-order valence-corrected chi connectivity index (χ0v) is 12.1. The molecular weight excluding hydrogens is 246 g/mol. The average Bonchev–Trinajstić information content (AvgIpc) is 2.35. The van der Waals surface area contributed by atoms with E-state index in [9.17, 15) is 9.90 Å². The molecule has 0 aliphatic heterocycles. The number of ether oxygens (including phenoxy) is 2. The second-order valence-electron chi connectivity index (χ2n) is 5.04. The molecule has 1 amide bonds. The minimum atomic E-state index is -0.940. The van der Waals surface area contributed by atoms with Crippen molar-refractivity contribution >= 4 is 5.91 Å². The molecule has 0 radical (unpaired) electrons. The molecule has 0 bridgehead atoms. The van der Waals surface area contributed by atoms with Crippen molar-refractivity contribution in [2.24, 2.45) is 0 Å². The van der Waals surface area contributed by atoms with E-state index in [2.05, 4.69) is 0 Å². The molecule has 0 spiro atoms. The lowest BCUT2D eigenvalue weighted by atomic mass is 10.1. The van der Waals surface area contributed by atoms with Gasteiger partial charge in [-0.25, -0.2) is 0 Å². The number of methoxy groups -OCH3 is 2. The van der Waals surface area contributed by atoms with E-state index in [-0.39, 0.29) is 12.5 Å². The molecule has 1 rings (SSSR count). The van der Waals surface area contributed by atoms with E-state index >= 15 is 0 Å². The predicted octanol–water partition coefficient (Wildman–Crippen LogP) is 1.55. The number of rotatable bonds is 5. The van der Waals surface area contributed by atoms with Gasteiger partial charge >= 0.3 is 0 Å². The third kappa shape index (κ3) is 4.13. The van der Waals surface area contributed by atoms with Gasteiger partial charge in [-0.05, 0) is 26.0 Å². The normalized spacial score (nSPS) is 11.1. The summed E-state index contributed by atoms with van der Waals surface area (Å²) in [7, 11) is 4.70. The van der Waals surface area contributed by atoms with E-state index in [0.717, 1.165) is 0 Å². The van der Waals surface area contributed by atoms with Crippen molar-refractivity contribution in [1.29, 1.82) is 0 Å². The molecule has 1 aromatic rings. The molecule has 0 heterocycles. The first kappa shape index (κ1) is 15.3. The van der Waals surface area contributed by atoms with Crippen LogP contribution in [0.3, 0.4) is 0 Å². The highest BCUT2D eigenvalue weighted by atomic mass is 16.5. The Morgan fingerprint density at radius 2 is 1.95 bits per heavy atom. The standard InChI is InChI=1S/C14H21NO4/c1-14(2,17)9-15(3)13(16)11-7-6-10(18-4)8-12(11)19-5/h6-8,17H,9H2,1-5H3. The van der Waals surface area contributed by atoms with Gasteiger partial charge < -0.3 is 19.5 Å². The molecule has 0 atom stereocenters. The SMILES string of the molecule is COc1ccc(C(=O)N(C)CC(C)(C)O)c(OC)c1. The van der Waals surface area contributed by atoms with Crippen molar-refractivity contribution in [3.63, 3.8) is 0 Å². The Kier molecular flexibility index (Phi) is 4.78. The van der Waals surface area contributed by atoms with Crippen molar-refractivity contribution < 1.29 is 19.4 Å². The first-order chi connectivity index (χ1) is 8.78. The van der Waals surface area contributed by atoms with Gasteiger partial charge in [0, 0.05) is 19.7 Å². The van der Waals surface area contributed by atoms with Crippen LogP contribution < -0.4 is 9.47 Å². The highest BCUT2D eigenvalue weighted by molar-refractivity contribution is 5.97. The number of likely N-dealkylation sites (N-methyl/N-ethyl adjacent to an activating group) is 1. The van der Waals surface area contributed by atoms with Crippen molar-refractivity contribution in [2.45, 2.75) is 19.4 Å². The summed E-state index contributed by atoms with van der Waals surface area (Å²) in [6.07, 6.45) is 0. The molecule has 19 heavy (non-hydrogen) atoms. The molecule has 1 aromatic carbocycles. The van der Waals surface area contributed by atoms with Gasteiger partial charge in [0.2, 0.25) is 0 Å². The first-order valence-electron chi connectivity index (χ1n) is 5.98. The summed E-state index contributed by atoms with van der Waals surface area (Å²) in [5, 5.41) is 9.75. The monoisotopic (exact) mass is 267 g/mol. The molecule has 0 unspecified atom stereocenters. The number of amides is 1. The van der Waals surface area contributed by atoms with Crippen LogP contribution in [0, 0.1) is 0 Å². The first-order valence-corrected chi connectivity index (χ1v) is 5.98. The number of nitrogens with zero attached hydrogens (tertiary/aromatic N) is 1. The lowest BCUT2D eigenvalue weighted by molar-refractivity contribution is 0.0366. The van der Waals surface area contributed by atoms with Gasteiger partial charge in [-0.15, -0.1) is 0 Å². The quantitative estimate of drug-likeness (QED) is 0.879. The molecule has 0 aromatic heterocycles. The van der Waals surface area contributed by atoms with Gasteiger partial charge in [0.05, 0.1) is 25.4 Å². The second-order valence-corrected chi connectivity index (χ2v) is 5.04. The van der Waals surface area contributed by atoms with Gasteiger partial charge in [-0.3, -0.25) is 4.79 Å². The maximum Gasteiger partial charge on any atom is 0.257 e. The fourth-order valence-electron chi connectivity index (χ4n) is 1.83. The van der Waals surface area contributed by atoms with Crippen molar-refractivity contribution in [2.75, 3.05) is 27.8 Å². The van der Waals surface area contributed by atoms with Gasteiger partial charge in [-0.1, -0.05) is 0 Å². The summed E-state index contributed by atoms with van der Waals surface area (Å²) in [5.41, 5.74) is -0.501. The molecular formula is C14H21NO4. The number of hydrogen-bond acceptors (Lipinski definition) is 4. The van der Waals surface area contributed by atoms with Gasteiger partial charge in [-0.2, -0.15) is 0 Å². The van der Waals surface area contributed by atoms with E-state index in [1.807, 2.05) is 0 Å². The largest absolute Gasteiger partial charge is 0.497 e. The average molecular weight is 267 g/mol. The van der Waals surface area contributed by atoms with Gasteiger partial charge in [0.25, 0.3) is 5.91 Å². The van der Waals surface area contributed by atoms with Crippen LogP contribution in [0.2, 0.25) is 0 Å². The summed E-state index contributed by atoms with van der Waals surface area (Å²) in [6.45, 7) is 3.55. The molecule has 5 nitrogen and oxygen atoms in total. The Labute approximate surface area is 113 Å². The molecule has 5 heteroatoms. The molecule has 106 valence electrons. The van der Waals surface area contributed by atoms with Crippen LogP contribution in [0.1, 0.15) is 24.2 Å². The molecule has 0 fully saturated rings. The Morgan fingerprint density at radius 1 is 1.32 bits per heavy atom. The van der Waals surface area contributed by atoms with Crippen LogP contribution in [0.5, 0.6) is 11.5 Å². The highest BCUT2D eigenvalue weighted by Gasteiger charge is 2.22. The Morgan fingerprint density at radius 3 is 2.42 bits per heavy atom. The van der Waals surface area contributed by atoms with Crippen molar-refractivity contribution in [1.82, 2.24) is 4.90 Å². The summed E-state index contributed by atoms with van der Waals surface area (Å²) in [4.78, 5) is 13.8.